The number of aromatic nitrogens is 4. The second-order valence-electron chi connectivity index (χ2n) is 7.68. The van der Waals surface area contributed by atoms with Gasteiger partial charge in [-0.25, -0.2) is 4.68 Å². The predicted octanol–water partition coefficient (Wildman–Crippen LogP) is 4.01. The van der Waals surface area contributed by atoms with E-state index in [1.807, 2.05) is 37.3 Å². The van der Waals surface area contributed by atoms with E-state index in [1.165, 1.54) is 38.5 Å². The summed E-state index contributed by atoms with van der Waals surface area (Å²) in [6.07, 6.45) is 9.53. The van der Waals surface area contributed by atoms with Gasteiger partial charge in [-0.05, 0) is 44.0 Å². The van der Waals surface area contributed by atoms with E-state index in [4.69, 9.17) is 0 Å². The summed E-state index contributed by atoms with van der Waals surface area (Å²) in [7, 11) is 0. The largest absolute Gasteiger partial charge is 0.349 e. The van der Waals surface area contributed by atoms with E-state index >= 15 is 0 Å². The van der Waals surface area contributed by atoms with E-state index in [0.717, 1.165) is 28.8 Å². The Labute approximate surface area is 195 Å². The number of fused-ring (bicyclic) bond motifs is 1. The van der Waals surface area contributed by atoms with Gasteiger partial charge >= 0.3 is 0 Å². The third-order valence-corrected chi connectivity index (χ3v) is 5.66. The Morgan fingerprint density at radius 2 is 1.84 bits per heavy atom. The molecule has 1 aromatic carbocycles. The Morgan fingerprint density at radius 1 is 1.06 bits per heavy atom. The topological polar surface area (TPSA) is 84.7 Å². The van der Waals surface area contributed by atoms with Gasteiger partial charge in [-0.3, -0.25) is 9.78 Å². The summed E-state index contributed by atoms with van der Waals surface area (Å²) in [4.78, 5) is 17.0. The number of rotatable bonds is 6. The zero-order chi connectivity index (χ0) is 20.1. The summed E-state index contributed by atoms with van der Waals surface area (Å²) in [6.45, 7) is 3.23. The fourth-order valence-corrected chi connectivity index (χ4v) is 4.06. The summed E-state index contributed by atoms with van der Waals surface area (Å²) in [5.41, 5.74) is 2.83. The molecule has 0 radical (unpaired) electrons. The first-order valence-corrected chi connectivity index (χ1v) is 10.5. The third-order valence-electron chi connectivity index (χ3n) is 5.66. The molecule has 2 N–H and O–H groups in total. The minimum atomic E-state index is -0.185. The van der Waals surface area contributed by atoms with Crippen LogP contribution in [0.1, 0.15) is 54.7 Å². The van der Waals surface area contributed by atoms with E-state index < -0.39 is 0 Å². The number of amides is 1. The molecule has 168 valence electrons. The van der Waals surface area contributed by atoms with Crippen LogP contribution in [0.5, 0.6) is 0 Å². The van der Waals surface area contributed by atoms with Crippen LogP contribution in [0.3, 0.4) is 0 Å². The number of hydrogen-bond acceptors (Lipinski definition) is 5. The summed E-state index contributed by atoms with van der Waals surface area (Å²) in [5, 5.41) is 15.9. The lowest BCUT2D eigenvalue weighted by molar-refractivity contribution is 0.0948. The molecule has 0 unspecified atom stereocenters. The maximum atomic E-state index is 12.6. The minimum absolute atomic E-state index is 0. The van der Waals surface area contributed by atoms with Crippen molar-refractivity contribution in [1.82, 2.24) is 30.6 Å². The maximum Gasteiger partial charge on any atom is 0.273 e. The first-order chi connectivity index (χ1) is 14.2. The molecular formula is C22H30Cl2N6O. The molecule has 0 aliphatic heterocycles. The fraction of sp³-hybridized carbons (Fsp3) is 0.455. The van der Waals surface area contributed by atoms with Crippen LogP contribution < -0.4 is 10.6 Å². The molecule has 2 heterocycles. The molecule has 3 aromatic rings. The summed E-state index contributed by atoms with van der Waals surface area (Å²) in [5.74, 6) is -0.185. The van der Waals surface area contributed by atoms with Crippen molar-refractivity contribution in [2.24, 2.45) is 0 Å². The predicted molar refractivity (Wildman–Crippen MR) is 128 cm³/mol. The Balaban J connectivity index is 0.00000171. The number of carbonyl (C=O) groups excluding carboxylic acids is 1. The van der Waals surface area contributed by atoms with Crippen LogP contribution in [0.4, 0.5) is 0 Å². The minimum Gasteiger partial charge on any atom is -0.349 e. The van der Waals surface area contributed by atoms with Crippen LogP contribution in [0.15, 0.2) is 36.5 Å². The lowest BCUT2D eigenvalue weighted by Gasteiger charge is -2.16. The van der Waals surface area contributed by atoms with Crippen molar-refractivity contribution in [2.75, 3.05) is 13.1 Å². The van der Waals surface area contributed by atoms with Crippen molar-refractivity contribution in [3.8, 4) is 5.69 Å². The highest BCUT2D eigenvalue weighted by atomic mass is 35.5. The van der Waals surface area contributed by atoms with Crippen LogP contribution >= 0.6 is 24.8 Å². The first-order valence-electron chi connectivity index (χ1n) is 10.5. The van der Waals surface area contributed by atoms with Gasteiger partial charge in [0.1, 0.15) is 0 Å². The Hall–Kier alpha value is -2.22. The standard InChI is InChI=1S/C22H28N6O.2ClH/c1-16-21(22(29)25-15-14-23-17-8-4-2-3-5-9-17)26-27-28(16)20-12-6-11-19-18(20)10-7-13-24-19;;/h6-7,10-13,17,23H,2-5,8-9,14-15H2,1H3,(H,25,29);2*1H. The molecule has 0 bridgehead atoms. The van der Waals surface area contributed by atoms with Crippen LogP contribution in [-0.4, -0.2) is 45.0 Å². The van der Waals surface area contributed by atoms with Gasteiger partial charge in [-0.2, -0.15) is 0 Å². The molecule has 4 rings (SSSR count). The SMILES string of the molecule is Cc1c(C(=O)NCCNC2CCCCCC2)nnn1-c1cccc2ncccc12.Cl.Cl. The molecule has 31 heavy (non-hydrogen) atoms. The monoisotopic (exact) mass is 464 g/mol. The number of pyridine rings is 1. The number of benzene rings is 1. The van der Waals surface area contributed by atoms with E-state index in [-0.39, 0.29) is 30.7 Å². The quantitative estimate of drug-likeness (QED) is 0.425. The molecule has 1 saturated carbocycles. The molecule has 0 atom stereocenters. The average molecular weight is 465 g/mol. The third kappa shape index (κ3) is 5.93. The highest BCUT2D eigenvalue weighted by Gasteiger charge is 2.18. The van der Waals surface area contributed by atoms with E-state index in [1.54, 1.807) is 10.9 Å². The fourth-order valence-electron chi connectivity index (χ4n) is 4.06. The van der Waals surface area contributed by atoms with Crippen LogP contribution in [-0.2, 0) is 0 Å². The van der Waals surface area contributed by atoms with Crippen molar-refractivity contribution in [3.63, 3.8) is 0 Å². The van der Waals surface area contributed by atoms with Gasteiger partial charge < -0.3 is 10.6 Å². The van der Waals surface area contributed by atoms with Gasteiger partial charge in [0.2, 0.25) is 0 Å². The summed E-state index contributed by atoms with van der Waals surface area (Å²) in [6, 6.07) is 10.3. The molecule has 1 aliphatic rings. The lowest BCUT2D eigenvalue weighted by Crippen LogP contribution is -2.37. The molecule has 1 amide bonds. The highest BCUT2D eigenvalue weighted by Crippen LogP contribution is 2.22. The molecule has 1 aliphatic carbocycles. The maximum absolute atomic E-state index is 12.6. The highest BCUT2D eigenvalue weighted by molar-refractivity contribution is 5.94. The van der Waals surface area contributed by atoms with Gasteiger partial charge in [-0.1, -0.05) is 37.0 Å². The molecule has 2 aromatic heterocycles. The smallest absolute Gasteiger partial charge is 0.273 e. The molecule has 1 fully saturated rings. The lowest BCUT2D eigenvalue weighted by atomic mass is 10.1. The first kappa shape index (κ1) is 25.0. The van der Waals surface area contributed by atoms with Crippen molar-refractivity contribution < 1.29 is 4.79 Å². The van der Waals surface area contributed by atoms with Gasteiger partial charge in [0.15, 0.2) is 5.69 Å². The number of nitrogens with zero attached hydrogens (tertiary/aromatic N) is 4. The van der Waals surface area contributed by atoms with Gasteiger partial charge in [0, 0.05) is 30.7 Å². The van der Waals surface area contributed by atoms with Gasteiger partial charge in [-0.15, -0.1) is 29.9 Å². The summed E-state index contributed by atoms with van der Waals surface area (Å²) >= 11 is 0. The van der Waals surface area contributed by atoms with Crippen LogP contribution in [0.2, 0.25) is 0 Å². The second-order valence-corrected chi connectivity index (χ2v) is 7.68. The summed E-state index contributed by atoms with van der Waals surface area (Å²) < 4.78 is 1.71. The molecule has 0 spiro atoms. The zero-order valence-electron chi connectivity index (χ0n) is 17.7. The van der Waals surface area contributed by atoms with Crippen molar-refractivity contribution in [3.05, 3.63) is 47.9 Å². The van der Waals surface area contributed by atoms with Crippen molar-refractivity contribution in [2.45, 2.75) is 51.5 Å². The Bertz CT molecular complexity index is 980. The molecule has 7 nitrogen and oxygen atoms in total. The van der Waals surface area contributed by atoms with Gasteiger partial charge in [0.05, 0.1) is 16.9 Å². The normalized spacial score (nSPS) is 14.4. The molecule has 0 saturated heterocycles. The number of hydrogen-bond donors (Lipinski definition) is 2. The number of nitrogens with one attached hydrogen (secondary N) is 2. The zero-order valence-corrected chi connectivity index (χ0v) is 19.3. The number of carbonyl (C=O) groups is 1. The Kier molecular flexibility index (Phi) is 9.68. The molecule has 9 heteroatoms. The van der Waals surface area contributed by atoms with E-state index in [0.29, 0.717) is 18.3 Å². The van der Waals surface area contributed by atoms with Crippen molar-refractivity contribution >= 4 is 41.6 Å². The van der Waals surface area contributed by atoms with Crippen molar-refractivity contribution in [1.29, 1.82) is 0 Å². The number of halogens is 2. The van der Waals surface area contributed by atoms with Crippen LogP contribution in [0.25, 0.3) is 16.6 Å². The van der Waals surface area contributed by atoms with E-state index in [9.17, 15) is 4.79 Å². The average Bonchev–Trinajstić information content (AvgIpc) is 2.95. The van der Waals surface area contributed by atoms with Crippen LogP contribution in [0, 0.1) is 6.92 Å². The van der Waals surface area contributed by atoms with Gasteiger partial charge in [0.25, 0.3) is 5.91 Å². The van der Waals surface area contributed by atoms with E-state index in [2.05, 4.69) is 25.9 Å². The Morgan fingerprint density at radius 3 is 2.61 bits per heavy atom. The molecular weight excluding hydrogens is 435 g/mol. The second kappa shape index (κ2) is 12.0.